The molecule has 6 aromatic carbocycles. The molecule has 0 aliphatic heterocycles. The van der Waals surface area contributed by atoms with Gasteiger partial charge < -0.3 is 19.5 Å². The van der Waals surface area contributed by atoms with Gasteiger partial charge in [0, 0.05) is 33.4 Å². The van der Waals surface area contributed by atoms with Gasteiger partial charge in [0.05, 0.1) is 16.7 Å². The maximum Gasteiger partial charge on any atom is 0.488 e. The molecule has 7 aromatic rings. The van der Waals surface area contributed by atoms with Crippen molar-refractivity contribution in [2.45, 2.75) is 0 Å². The van der Waals surface area contributed by atoms with Crippen LogP contribution >= 0.6 is 0 Å². The lowest BCUT2D eigenvalue weighted by molar-refractivity contribution is 0.426. The third-order valence-electron chi connectivity index (χ3n) is 7.59. The predicted molar refractivity (Wildman–Crippen MR) is 171 cm³/mol. The first-order valence-corrected chi connectivity index (χ1v) is 13.7. The van der Waals surface area contributed by atoms with Crippen molar-refractivity contribution in [2.75, 3.05) is 4.90 Å². The van der Waals surface area contributed by atoms with E-state index in [0.717, 1.165) is 44.9 Å². The van der Waals surface area contributed by atoms with E-state index in [9.17, 15) is 10.0 Å². The van der Waals surface area contributed by atoms with Crippen LogP contribution in [0, 0.1) is 0 Å². The van der Waals surface area contributed by atoms with Crippen LogP contribution in [0.5, 0.6) is 0 Å². The van der Waals surface area contributed by atoms with Crippen LogP contribution in [0.15, 0.2) is 152 Å². The van der Waals surface area contributed by atoms with Gasteiger partial charge in [-0.2, -0.15) is 0 Å². The molecule has 2 N–H and O–H groups in total. The van der Waals surface area contributed by atoms with E-state index in [1.807, 2.05) is 66.7 Å². The molecule has 0 radical (unpaired) electrons. The second kappa shape index (κ2) is 10.5. The lowest BCUT2D eigenvalue weighted by atomic mass is 9.78. The Balaban J connectivity index is 1.52. The molecule has 7 rings (SSSR count). The Bertz CT molecular complexity index is 1970. The fraction of sp³-hybridized carbons (Fsp3) is 0. The standard InChI is InChI=1S/C36H27BN2O2/c40-37(41)27-20-23-35(33(24-27)26-12-4-1-5-13-26)38(28-14-6-2-7-15-28)30-21-22-32-31-18-10-11-19-34(31)39(36(32)25-30)29-16-8-3-9-17-29/h1-25,40-41H. The number of rotatable bonds is 6. The second-order valence-corrected chi connectivity index (χ2v) is 10.1. The lowest BCUT2D eigenvalue weighted by Gasteiger charge is -2.28. The predicted octanol–water partition coefficient (Wildman–Crippen LogP) is 7.60. The van der Waals surface area contributed by atoms with Crippen molar-refractivity contribution in [1.82, 2.24) is 4.57 Å². The van der Waals surface area contributed by atoms with Crippen molar-refractivity contribution in [3.63, 3.8) is 0 Å². The van der Waals surface area contributed by atoms with Crippen molar-refractivity contribution in [1.29, 1.82) is 0 Å². The highest BCUT2D eigenvalue weighted by atomic mass is 16.4. The number of para-hydroxylation sites is 3. The minimum Gasteiger partial charge on any atom is -0.423 e. The molecule has 41 heavy (non-hydrogen) atoms. The van der Waals surface area contributed by atoms with Crippen molar-refractivity contribution in [2.24, 2.45) is 0 Å². The van der Waals surface area contributed by atoms with E-state index in [2.05, 4.69) is 88.3 Å². The summed E-state index contributed by atoms with van der Waals surface area (Å²) in [5, 5.41) is 22.4. The molecule has 0 aliphatic carbocycles. The van der Waals surface area contributed by atoms with Crippen molar-refractivity contribution in [3.8, 4) is 16.8 Å². The Hall–Kier alpha value is -5.10. The minimum atomic E-state index is -1.56. The van der Waals surface area contributed by atoms with Gasteiger partial charge in [-0.15, -0.1) is 0 Å². The molecule has 0 fully saturated rings. The zero-order valence-electron chi connectivity index (χ0n) is 22.3. The van der Waals surface area contributed by atoms with Gasteiger partial charge in [0.2, 0.25) is 0 Å². The van der Waals surface area contributed by atoms with E-state index in [1.165, 1.54) is 10.8 Å². The molecule has 0 atom stereocenters. The summed E-state index contributed by atoms with van der Waals surface area (Å²) >= 11 is 0. The number of nitrogens with zero attached hydrogens (tertiary/aromatic N) is 2. The molecule has 4 nitrogen and oxygen atoms in total. The molecule has 0 unspecified atom stereocenters. The Morgan fingerprint density at radius 3 is 1.88 bits per heavy atom. The molecule has 0 saturated carbocycles. The van der Waals surface area contributed by atoms with Crippen LogP contribution < -0.4 is 10.4 Å². The van der Waals surface area contributed by atoms with Gasteiger partial charge in [-0.05, 0) is 59.6 Å². The van der Waals surface area contributed by atoms with Gasteiger partial charge in [-0.25, -0.2) is 0 Å². The molecular weight excluding hydrogens is 503 g/mol. The topological polar surface area (TPSA) is 48.6 Å². The smallest absolute Gasteiger partial charge is 0.423 e. The summed E-state index contributed by atoms with van der Waals surface area (Å²) in [7, 11) is -1.56. The van der Waals surface area contributed by atoms with Crippen molar-refractivity contribution in [3.05, 3.63) is 152 Å². The van der Waals surface area contributed by atoms with Crippen LogP contribution in [-0.2, 0) is 0 Å². The van der Waals surface area contributed by atoms with Crippen LogP contribution in [-0.4, -0.2) is 21.7 Å². The molecule has 0 saturated heterocycles. The number of anilines is 3. The van der Waals surface area contributed by atoms with Gasteiger partial charge in [0.1, 0.15) is 0 Å². The summed E-state index contributed by atoms with van der Waals surface area (Å²) in [6, 6.07) is 51.6. The molecule has 196 valence electrons. The summed E-state index contributed by atoms with van der Waals surface area (Å²) < 4.78 is 2.32. The Kier molecular flexibility index (Phi) is 6.36. The molecule has 1 aromatic heterocycles. The zero-order valence-corrected chi connectivity index (χ0v) is 22.3. The normalized spacial score (nSPS) is 11.2. The third kappa shape index (κ3) is 4.47. The van der Waals surface area contributed by atoms with Gasteiger partial charge in [0.15, 0.2) is 0 Å². The van der Waals surface area contributed by atoms with Gasteiger partial charge in [0.25, 0.3) is 0 Å². The fourth-order valence-electron chi connectivity index (χ4n) is 5.72. The summed E-state index contributed by atoms with van der Waals surface area (Å²) in [5.74, 6) is 0. The molecule has 0 bridgehead atoms. The second-order valence-electron chi connectivity index (χ2n) is 10.1. The third-order valence-corrected chi connectivity index (χ3v) is 7.59. The molecular formula is C36H27BN2O2. The summed E-state index contributed by atoms with van der Waals surface area (Å²) in [5.41, 5.74) is 8.65. The Morgan fingerprint density at radius 1 is 0.512 bits per heavy atom. The molecule has 0 aliphatic rings. The number of aromatic nitrogens is 1. The Morgan fingerprint density at radius 2 is 1.15 bits per heavy atom. The molecule has 0 amide bonds. The van der Waals surface area contributed by atoms with E-state index in [1.54, 1.807) is 6.07 Å². The summed E-state index contributed by atoms with van der Waals surface area (Å²) in [6.45, 7) is 0. The van der Waals surface area contributed by atoms with Crippen molar-refractivity contribution < 1.29 is 10.0 Å². The highest BCUT2D eigenvalue weighted by Crippen LogP contribution is 2.42. The molecule has 1 heterocycles. The molecule has 5 heteroatoms. The van der Waals surface area contributed by atoms with Gasteiger partial charge in [-0.1, -0.05) is 103 Å². The van der Waals surface area contributed by atoms with Crippen LogP contribution in [0.25, 0.3) is 38.6 Å². The highest BCUT2D eigenvalue weighted by Gasteiger charge is 2.22. The first kappa shape index (κ1) is 24.9. The van der Waals surface area contributed by atoms with E-state index < -0.39 is 7.12 Å². The van der Waals surface area contributed by atoms with E-state index in [4.69, 9.17) is 0 Å². The number of fused-ring (bicyclic) bond motifs is 3. The van der Waals surface area contributed by atoms with Crippen LogP contribution in [0.2, 0.25) is 0 Å². The average molecular weight is 530 g/mol. The lowest BCUT2D eigenvalue weighted by Crippen LogP contribution is -2.30. The van der Waals surface area contributed by atoms with E-state index >= 15 is 0 Å². The summed E-state index contributed by atoms with van der Waals surface area (Å²) in [4.78, 5) is 2.24. The van der Waals surface area contributed by atoms with E-state index in [0.29, 0.717) is 5.46 Å². The molecule has 0 spiro atoms. The SMILES string of the molecule is OB(O)c1ccc(N(c2ccccc2)c2ccc3c4ccccc4n(-c4ccccc4)c3c2)c(-c2ccccc2)c1. The number of hydrogen-bond donors (Lipinski definition) is 2. The highest BCUT2D eigenvalue weighted by molar-refractivity contribution is 6.58. The van der Waals surface area contributed by atoms with Crippen LogP contribution in [0.3, 0.4) is 0 Å². The number of benzene rings is 6. The first-order valence-electron chi connectivity index (χ1n) is 13.7. The van der Waals surface area contributed by atoms with Crippen LogP contribution in [0.4, 0.5) is 17.1 Å². The van der Waals surface area contributed by atoms with Gasteiger partial charge >= 0.3 is 7.12 Å². The quantitative estimate of drug-likeness (QED) is 0.218. The van der Waals surface area contributed by atoms with Crippen LogP contribution in [0.1, 0.15) is 0 Å². The summed E-state index contributed by atoms with van der Waals surface area (Å²) in [6.07, 6.45) is 0. The largest absolute Gasteiger partial charge is 0.488 e. The monoisotopic (exact) mass is 530 g/mol. The first-order chi connectivity index (χ1) is 20.2. The Labute approximate surface area is 239 Å². The number of hydrogen-bond acceptors (Lipinski definition) is 3. The minimum absolute atomic E-state index is 0.445. The fourth-order valence-corrected chi connectivity index (χ4v) is 5.72. The average Bonchev–Trinajstić information content (AvgIpc) is 3.36. The zero-order chi connectivity index (χ0) is 27.8. The van der Waals surface area contributed by atoms with Crippen molar-refractivity contribution >= 4 is 51.4 Å². The maximum absolute atomic E-state index is 10.0. The van der Waals surface area contributed by atoms with Gasteiger partial charge in [-0.3, -0.25) is 0 Å². The van der Waals surface area contributed by atoms with E-state index in [-0.39, 0.29) is 0 Å². The maximum atomic E-state index is 10.0.